The van der Waals surface area contributed by atoms with Gasteiger partial charge in [-0.15, -0.1) is 13.2 Å². The average molecular weight is 240 g/mol. The van der Waals surface area contributed by atoms with Gasteiger partial charge in [-0.2, -0.15) is 10.5 Å². The molecule has 17 heavy (non-hydrogen) atoms. The summed E-state index contributed by atoms with van der Waals surface area (Å²) >= 11 is 0. The first-order valence-corrected chi connectivity index (χ1v) is 4.53. The Hall–Kier alpha value is -2.21. The van der Waals surface area contributed by atoms with Gasteiger partial charge in [-0.05, 0) is 18.6 Å². The summed E-state index contributed by atoms with van der Waals surface area (Å²) in [5, 5.41) is 17.5. The molecule has 0 aliphatic heterocycles. The Morgan fingerprint density at radius 1 is 1.35 bits per heavy atom. The first kappa shape index (κ1) is 12.9. The number of rotatable bonds is 1. The molecule has 88 valence electrons. The number of hydrogen-bond donors (Lipinski definition) is 0. The second-order valence-corrected chi connectivity index (χ2v) is 3.29. The molecule has 1 unspecified atom stereocenters. The first-order valence-electron chi connectivity index (χ1n) is 4.53. The second-order valence-electron chi connectivity index (χ2n) is 3.29. The van der Waals surface area contributed by atoms with Crippen LogP contribution in [0.1, 0.15) is 6.92 Å². The number of alkyl halides is 3. The van der Waals surface area contributed by atoms with Crippen molar-refractivity contribution in [2.45, 2.75) is 13.3 Å². The number of allylic oxidation sites excluding steroid dienone is 5. The van der Waals surface area contributed by atoms with E-state index in [4.69, 9.17) is 10.5 Å². The SMILES string of the molecule is CC1=CC(C#N)=C(OC(F)(F)F)C(C#N)C=C1. The zero-order valence-corrected chi connectivity index (χ0v) is 8.75. The Bertz CT molecular complexity index is 486. The minimum absolute atomic E-state index is 0.295. The topological polar surface area (TPSA) is 56.8 Å². The lowest BCUT2D eigenvalue weighted by molar-refractivity contribution is -0.307. The van der Waals surface area contributed by atoms with Crippen molar-refractivity contribution in [3.63, 3.8) is 0 Å². The van der Waals surface area contributed by atoms with Gasteiger partial charge in [-0.1, -0.05) is 12.2 Å². The minimum atomic E-state index is -4.92. The van der Waals surface area contributed by atoms with Crippen molar-refractivity contribution in [3.8, 4) is 12.1 Å². The molecule has 0 bridgehead atoms. The van der Waals surface area contributed by atoms with Gasteiger partial charge in [0.2, 0.25) is 0 Å². The van der Waals surface area contributed by atoms with Crippen LogP contribution >= 0.6 is 0 Å². The van der Waals surface area contributed by atoms with E-state index in [0.29, 0.717) is 5.57 Å². The molecule has 1 aliphatic carbocycles. The third-order valence-electron chi connectivity index (χ3n) is 1.96. The van der Waals surface area contributed by atoms with E-state index < -0.39 is 18.0 Å². The average Bonchev–Trinajstić information content (AvgIpc) is 2.36. The molecule has 1 rings (SSSR count). The first-order chi connectivity index (χ1) is 7.87. The minimum Gasteiger partial charge on any atom is -0.407 e. The summed E-state index contributed by atoms with van der Waals surface area (Å²) < 4.78 is 40.3. The van der Waals surface area contributed by atoms with Crippen LogP contribution in [-0.4, -0.2) is 6.36 Å². The summed E-state index contributed by atoms with van der Waals surface area (Å²) in [6, 6.07) is 3.25. The fourth-order valence-corrected chi connectivity index (χ4v) is 1.28. The van der Waals surface area contributed by atoms with E-state index in [1.54, 1.807) is 19.1 Å². The maximum Gasteiger partial charge on any atom is 0.572 e. The van der Waals surface area contributed by atoms with Crippen molar-refractivity contribution in [2.24, 2.45) is 5.92 Å². The van der Waals surface area contributed by atoms with Crippen LogP contribution in [0.25, 0.3) is 0 Å². The number of nitrogens with zero attached hydrogens (tertiary/aromatic N) is 2. The molecular formula is C11H7F3N2O. The molecule has 0 amide bonds. The molecule has 0 heterocycles. The maximum absolute atomic E-state index is 12.2. The van der Waals surface area contributed by atoms with Crippen LogP contribution < -0.4 is 0 Å². The summed E-state index contributed by atoms with van der Waals surface area (Å²) in [5.74, 6) is -1.91. The quantitative estimate of drug-likeness (QED) is 0.707. The largest absolute Gasteiger partial charge is 0.572 e. The molecule has 0 saturated heterocycles. The van der Waals surface area contributed by atoms with Crippen LogP contribution in [0.3, 0.4) is 0 Å². The fraction of sp³-hybridized carbons (Fsp3) is 0.273. The summed E-state index contributed by atoms with van der Waals surface area (Å²) in [6.07, 6.45) is -0.948. The highest BCUT2D eigenvalue weighted by atomic mass is 19.4. The molecule has 0 aromatic rings. The Morgan fingerprint density at radius 2 is 2.00 bits per heavy atom. The second kappa shape index (κ2) is 4.75. The van der Waals surface area contributed by atoms with Gasteiger partial charge in [0, 0.05) is 0 Å². The Balaban J connectivity index is 3.28. The Labute approximate surface area is 95.7 Å². The van der Waals surface area contributed by atoms with Crippen molar-refractivity contribution in [1.82, 2.24) is 0 Å². The number of ether oxygens (including phenoxy) is 1. The van der Waals surface area contributed by atoms with E-state index in [0.717, 1.165) is 0 Å². The summed E-state index contributed by atoms with van der Waals surface area (Å²) in [5.41, 5.74) is 0.277. The lowest BCUT2D eigenvalue weighted by Crippen LogP contribution is -2.17. The summed E-state index contributed by atoms with van der Waals surface area (Å²) in [7, 11) is 0. The van der Waals surface area contributed by atoms with Crippen LogP contribution in [0, 0.1) is 28.6 Å². The van der Waals surface area contributed by atoms with Crippen LogP contribution in [0.2, 0.25) is 0 Å². The molecule has 0 fully saturated rings. The van der Waals surface area contributed by atoms with Gasteiger partial charge in [0.05, 0.1) is 11.6 Å². The molecular weight excluding hydrogens is 233 g/mol. The van der Waals surface area contributed by atoms with Crippen LogP contribution in [-0.2, 0) is 4.74 Å². The van der Waals surface area contributed by atoms with Crippen LogP contribution in [0.5, 0.6) is 0 Å². The number of nitriles is 2. The third kappa shape index (κ3) is 3.39. The Morgan fingerprint density at radius 3 is 2.47 bits per heavy atom. The lowest BCUT2D eigenvalue weighted by atomic mass is 10.1. The molecule has 0 N–H and O–H groups in total. The highest BCUT2D eigenvalue weighted by molar-refractivity contribution is 5.46. The van der Waals surface area contributed by atoms with E-state index in [1.807, 2.05) is 0 Å². The van der Waals surface area contributed by atoms with E-state index >= 15 is 0 Å². The van der Waals surface area contributed by atoms with Crippen molar-refractivity contribution in [1.29, 1.82) is 10.5 Å². The maximum atomic E-state index is 12.2. The molecule has 6 heteroatoms. The van der Waals surface area contributed by atoms with Crippen molar-refractivity contribution < 1.29 is 17.9 Å². The predicted molar refractivity (Wildman–Crippen MR) is 51.8 cm³/mol. The van der Waals surface area contributed by atoms with Gasteiger partial charge in [-0.25, -0.2) is 0 Å². The smallest absolute Gasteiger partial charge is 0.407 e. The van der Waals surface area contributed by atoms with Crippen LogP contribution in [0.4, 0.5) is 13.2 Å². The molecule has 3 nitrogen and oxygen atoms in total. The fourth-order valence-electron chi connectivity index (χ4n) is 1.28. The zero-order chi connectivity index (χ0) is 13.1. The number of halogens is 3. The monoisotopic (exact) mass is 240 g/mol. The molecule has 0 aromatic carbocycles. The van der Waals surface area contributed by atoms with Crippen molar-refractivity contribution in [2.75, 3.05) is 0 Å². The van der Waals surface area contributed by atoms with Gasteiger partial charge in [0.15, 0.2) is 0 Å². The van der Waals surface area contributed by atoms with E-state index in [2.05, 4.69) is 4.74 Å². The van der Waals surface area contributed by atoms with Gasteiger partial charge in [0.25, 0.3) is 0 Å². The lowest BCUT2D eigenvalue weighted by Gasteiger charge is -2.14. The standard InChI is InChI=1S/C11H7F3N2O/c1-7-2-3-8(5-15)10(9(4-7)6-16)17-11(12,13)14/h2-4,8H,1H3. The highest BCUT2D eigenvalue weighted by Gasteiger charge is 2.35. The highest BCUT2D eigenvalue weighted by Crippen LogP contribution is 2.30. The van der Waals surface area contributed by atoms with Gasteiger partial charge >= 0.3 is 6.36 Å². The van der Waals surface area contributed by atoms with Gasteiger partial charge in [0.1, 0.15) is 17.7 Å². The molecule has 0 spiro atoms. The zero-order valence-electron chi connectivity index (χ0n) is 8.75. The Kier molecular flexibility index (Phi) is 3.59. The normalized spacial score (nSPS) is 20.1. The van der Waals surface area contributed by atoms with Crippen LogP contribution in [0.15, 0.2) is 35.1 Å². The molecule has 1 aliphatic rings. The van der Waals surface area contributed by atoms with E-state index in [9.17, 15) is 13.2 Å². The summed E-state index contributed by atoms with van der Waals surface area (Å²) in [4.78, 5) is 0. The molecule has 0 aromatic heterocycles. The van der Waals surface area contributed by atoms with Gasteiger partial charge < -0.3 is 4.74 Å². The summed E-state index contributed by atoms with van der Waals surface area (Å²) in [6.45, 7) is 1.61. The van der Waals surface area contributed by atoms with E-state index in [-0.39, 0.29) is 5.57 Å². The predicted octanol–water partition coefficient (Wildman–Crippen LogP) is 2.96. The van der Waals surface area contributed by atoms with Crippen molar-refractivity contribution >= 4 is 0 Å². The number of hydrogen-bond acceptors (Lipinski definition) is 3. The molecule has 0 radical (unpaired) electrons. The van der Waals surface area contributed by atoms with Crippen molar-refractivity contribution in [3.05, 3.63) is 35.1 Å². The van der Waals surface area contributed by atoms with E-state index in [1.165, 1.54) is 18.2 Å². The molecule has 1 atom stereocenters. The molecule has 0 saturated carbocycles. The third-order valence-corrected chi connectivity index (χ3v) is 1.96. The van der Waals surface area contributed by atoms with Gasteiger partial charge in [-0.3, -0.25) is 0 Å².